The first-order valence-corrected chi connectivity index (χ1v) is 16.0. The predicted molar refractivity (Wildman–Crippen MR) is 169 cm³/mol. The molecule has 11 heteroatoms. The van der Waals surface area contributed by atoms with Crippen molar-refractivity contribution in [3.05, 3.63) is 87.3 Å². The van der Waals surface area contributed by atoms with Crippen LogP contribution in [0.25, 0.3) is 16.5 Å². The number of aliphatic hydroxyl groups is 1. The number of aromatic nitrogens is 4. The molecule has 1 aliphatic carbocycles. The van der Waals surface area contributed by atoms with Crippen LogP contribution in [0.15, 0.2) is 53.7 Å². The van der Waals surface area contributed by atoms with Gasteiger partial charge in [0.2, 0.25) is 0 Å². The van der Waals surface area contributed by atoms with E-state index in [2.05, 4.69) is 26.8 Å². The van der Waals surface area contributed by atoms with Crippen LogP contribution < -0.4 is 22.1 Å². The van der Waals surface area contributed by atoms with E-state index in [1.807, 2.05) is 45.2 Å². The number of aliphatic hydroxyl groups excluding tert-OH is 1. The van der Waals surface area contributed by atoms with Crippen molar-refractivity contribution >= 4 is 10.8 Å². The van der Waals surface area contributed by atoms with Crippen molar-refractivity contribution in [3.63, 3.8) is 0 Å². The van der Waals surface area contributed by atoms with E-state index in [1.54, 1.807) is 6.07 Å². The number of halogens is 1. The monoisotopic (exact) mass is 615 g/mol. The zero-order valence-electron chi connectivity index (χ0n) is 26.0. The summed E-state index contributed by atoms with van der Waals surface area (Å²) in [5, 5.41) is 20.4. The van der Waals surface area contributed by atoms with Crippen LogP contribution in [0.5, 0.6) is 0 Å². The normalized spacial score (nSPS) is 26.0. The number of hydrogen-bond acceptors (Lipinski definition) is 8. The van der Waals surface area contributed by atoms with Gasteiger partial charge in [0.25, 0.3) is 5.56 Å². The van der Waals surface area contributed by atoms with Crippen LogP contribution in [-0.4, -0.2) is 50.1 Å². The highest BCUT2D eigenvalue weighted by Crippen LogP contribution is 2.47. The maximum atomic E-state index is 15.4. The molecular weight excluding hydrogens is 573 g/mol. The van der Waals surface area contributed by atoms with E-state index in [1.165, 1.54) is 16.9 Å². The first-order valence-electron chi connectivity index (χ1n) is 16.0. The summed E-state index contributed by atoms with van der Waals surface area (Å²) in [6, 6.07) is 9.40. The number of nitrogens with one attached hydrogen (secondary N) is 2. The fourth-order valence-electron chi connectivity index (χ4n) is 7.67. The lowest BCUT2D eigenvalue weighted by Gasteiger charge is -2.39. The maximum absolute atomic E-state index is 15.4. The number of benzene rings is 2. The van der Waals surface area contributed by atoms with Crippen LogP contribution in [0.4, 0.5) is 4.39 Å². The summed E-state index contributed by atoms with van der Waals surface area (Å²) >= 11 is 0. The Morgan fingerprint density at radius 1 is 1.11 bits per heavy atom. The average Bonchev–Trinajstić information content (AvgIpc) is 3.67. The highest BCUT2D eigenvalue weighted by molar-refractivity contribution is 5.82. The Kier molecular flexibility index (Phi) is 7.85. The molecule has 5 N–H and O–H groups in total. The second kappa shape index (κ2) is 11.7. The molecule has 2 aromatic heterocycles. The minimum Gasteiger partial charge on any atom is -0.392 e. The van der Waals surface area contributed by atoms with Gasteiger partial charge in [0.05, 0.1) is 42.3 Å². The van der Waals surface area contributed by atoms with Gasteiger partial charge in [-0.2, -0.15) is 14.9 Å². The number of nitrogens with two attached hydrogens (primary N) is 1. The van der Waals surface area contributed by atoms with Gasteiger partial charge in [-0.15, -0.1) is 0 Å². The van der Waals surface area contributed by atoms with Crippen molar-refractivity contribution in [1.29, 1.82) is 0 Å². The lowest BCUT2D eigenvalue weighted by molar-refractivity contribution is 0.0662. The zero-order valence-corrected chi connectivity index (χ0v) is 26.0. The highest BCUT2D eigenvalue weighted by Gasteiger charge is 2.46. The third-order valence-corrected chi connectivity index (χ3v) is 10.2. The van der Waals surface area contributed by atoms with E-state index in [-0.39, 0.29) is 47.4 Å². The Morgan fingerprint density at radius 3 is 2.67 bits per heavy atom. The average molecular weight is 616 g/mol. The Balaban J connectivity index is 1.26. The first-order chi connectivity index (χ1) is 21.6. The molecule has 3 aliphatic rings. The van der Waals surface area contributed by atoms with Crippen LogP contribution in [0.3, 0.4) is 0 Å². The predicted octanol–water partition coefficient (Wildman–Crippen LogP) is 3.90. The van der Waals surface area contributed by atoms with Crippen molar-refractivity contribution in [2.45, 2.75) is 88.6 Å². The van der Waals surface area contributed by atoms with Gasteiger partial charge in [-0.25, -0.2) is 9.82 Å². The van der Waals surface area contributed by atoms with Gasteiger partial charge in [0, 0.05) is 48.2 Å². The molecule has 0 radical (unpaired) electrons. The topological polar surface area (TPSA) is 132 Å². The minimum absolute atomic E-state index is 0.0107. The Labute approximate surface area is 261 Å². The molecule has 238 valence electrons. The molecule has 4 heterocycles. The quantitative estimate of drug-likeness (QED) is 0.266. The van der Waals surface area contributed by atoms with E-state index in [9.17, 15) is 9.90 Å². The van der Waals surface area contributed by atoms with Gasteiger partial charge < -0.3 is 15.6 Å². The summed E-state index contributed by atoms with van der Waals surface area (Å²) in [5.41, 5.74) is 16.4. The third kappa shape index (κ3) is 5.40. The molecule has 5 unspecified atom stereocenters. The molecule has 7 rings (SSSR count). The summed E-state index contributed by atoms with van der Waals surface area (Å²) in [6.07, 6.45) is 8.97. The standard InChI is InChI=1S/C34H42FN7O3/c1-34(2,3)22-11-20-15-38-42(33(44)30(20)28(35)14-22)29-6-4-5-24(27(29)18-43)19-12-25(31-26(13-19)32(36)40-39-31)21-16-37-41(17-21)23-7-9-45-10-8-23/h4-6,11,14-17,19,23,25-26,31-32,39-40,43H,7-10,12-13,18,36H2,1-3H3. The van der Waals surface area contributed by atoms with Gasteiger partial charge in [0.15, 0.2) is 0 Å². The van der Waals surface area contributed by atoms with Gasteiger partial charge in [0.1, 0.15) is 5.82 Å². The fraction of sp³-hybridized carbons (Fsp3) is 0.500. The molecule has 0 spiro atoms. The SMILES string of the molecule is CC(C)(C)c1cc(F)c2c(=O)n(-c3cccc(C4CC(c5cnn(C6CCOCC6)c5)C5NNC(N)C5C4)c3CO)ncc2c1. The molecule has 0 bridgehead atoms. The van der Waals surface area contributed by atoms with Gasteiger partial charge in [-0.3, -0.25) is 14.9 Å². The van der Waals surface area contributed by atoms with Crippen LogP contribution >= 0.6 is 0 Å². The third-order valence-electron chi connectivity index (χ3n) is 10.2. The van der Waals surface area contributed by atoms with E-state index >= 15 is 4.39 Å². The Bertz CT molecular complexity index is 1770. The zero-order chi connectivity index (χ0) is 31.5. The molecule has 0 amide bonds. The van der Waals surface area contributed by atoms with Crippen LogP contribution in [0, 0.1) is 11.7 Å². The summed E-state index contributed by atoms with van der Waals surface area (Å²) in [6.45, 7) is 7.21. The molecule has 3 fully saturated rings. The fourth-order valence-corrected chi connectivity index (χ4v) is 7.67. The summed E-state index contributed by atoms with van der Waals surface area (Å²) < 4.78 is 24.3. The molecule has 1 saturated carbocycles. The van der Waals surface area contributed by atoms with E-state index in [4.69, 9.17) is 15.6 Å². The lowest BCUT2D eigenvalue weighted by atomic mass is 9.67. The minimum atomic E-state index is -0.571. The second-order valence-electron chi connectivity index (χ2n) is 13.9. The second-order valence-corrected chi connectivity index (χ2v) is 13.9. The van der Waals surface area contributed by atoms with Crippen molar-refractivity contribution in [1.82, 2.24) is 30.4 Å². The van der Waals surface area contributed by atoms with Crippen molar-refractivity contribution in [3.8, 4) is 5.69 Å². The Morgan fingerprint density at radius 2 is 1.91 bits per heavy atom. The molecular formula is C34H42FN7O3. The molecule has 2 saturated heterocycles. The van der Waals surface area contributed by atoms with E-state index in [0.29, 0.717) is 22.7 Å². The molecule has 5 atom stereocenters. The molecule has 4 aromatic rings. The van der Waals surface area contributed by atoms with Crippen molar-refractivity contribution < 1.29 is 14.2 Å². The van der Waals surface area contributed by atoms with Crippen LogP contribution in [0.1, 0.15) is 86.6 Å². The molecule has 2 aliphatic heterocycles. The van der Waals surface area contributed by atoms with Crippen molar-refractivity contribution in [2.75, 3.05) is 13.2 Å². The van der Waals surface area contributed by atoms with E-state index in [0.717, 1.165) is 55.6 Å². The Hall–Kier alpha value is -3.48. The number of ether oxygens (including phenoxy) is 1. The number of hydrogen-bond donors (Lipinski definition) is 4. The van der Waals surface area contributed by atoms with Crippen molar-refractivity contribution in [2.24, 2.45) is 11.7 Å². The number of hydrazine groups is 1. The largest absolute Gasteiger partial charge is 0.392 e. The van der Waals surface area contributed by atoms with Gasteiger partial charge in [-0.05, 0) is 71.9 Å². The summed E-state index contributed by atoms with van der Waals surface area (Å²) in [4.78, 5) is 13.8. The maximum Gasteiger partial charge on any atom is 0.282 e. The number of rotatable bonds is 5. The molecule has 2 aromatic carbocycles. The van der Waals surface area contributed by atoms with E-state index < -0.39 is 11.4 Å². The number of fused-ring (bicyclic) bond motifs is 2. The number of nitrogens with zero attached hydrogens (tertiary/aromatic N) is 4. The lowest BCUT2D eigenvalue weighted by Crippen LogP contribution is -2.42. The smallest absolute Gasteiger partial charge is 0.282 e. The highest BCUT2D eigenvalue weighted by atomic mass is 19.1. The molecule has 45 heavy (non-hydrogen) atoms. The van der Waals surface area contributed by atoms with Crippen LogP contribution in [0.2, 0.25) is 0 Å². The summed E-state index contributed by atoms with van der Waals surface area (Å²) in [7, 11) is 0. The first kappa shape index (κ1) is 30.2. The summed E-state index contributed by atoms with van der Waals surface area (Å²) in [5.74, 6) is -0.244. The van der Waals surface area contributed by atoms with Crippen LogP contribution in [-0.2, 0) is 16.8 Å². The van der Waals surface area contributed by atoms with Gasteiger partial charge in [-0.1, -0.05) is 32.9 Å². The van der Waals surface area contributed by atoms with Gasteiger partial charge >= 0.3 is 0 Å². The molecule has 10 nitrogen and oxygen atoms in total.